The summed E-state index contributed by atoms with van der Waals surface area (Å²) < 4.78 is 28.4. The molecule has 0 aliphatic carbocycles. The molecule has 3 heterocycles. The van der Waals surface area contributed by atoms with Crippen LogP contribution in [0.5, 0.6) is 0 Å². The number of sulfonamides is 1. The van der Waals surface area contributed by atoms with Gasteiger partial charge in [-0.25, -0.2) is 13.4 Å². The average Bonchev–Trinajstić information content (AvgIpc) is 3.11. The number of anilines is 2. The maximum absolute atomic E-state index is 12.6. The van der Waals surface area contributed by atoms with Crippen molar-refractivity contribution in [3.05, 3.63) is 24.7 Å². The number of aromatic nitrogens is 4. The van der Waals surface area contributed by atoms with Gasteiger partial charge >= 0.3 is 0 Å². The molecule has 0 aromatic carbocycles. The first-order valence-corrected chi connectivity index (χ1v) is 10.2. The van der Waals surface area contributed by atoms with Gasteiger partial charge in [-0.1, -0.05) is 0 Å². The molecule has 0 N–H and O–H groups in total. The minimum absolute atomic E-state index is 0.0943. The Balaban J connectivity index is 1.65. The van der Waals surface area contributed by atoms with E-state index in [9.17, 15) is 8.42 Å². The van der Waals surface area contributed by atoms with Crippen molar-refractivity contribution in [3.8, 4) is 0 Å². The lowest BCUT2D eigenvalue weighted by molar-refractivity contribution is 0.382. The van der Waals surface area contributed by atoms with E-state index in [1.54, 1.807) is 11.6 Å². The van der Waals surface area contributed by atoms with Gasteiger partial charge in [-0.05, 0) is 26.0 Å². The Morgan fingerprint density at radius 1 is 1.08 bits per heavy atom. The fourth-order valence-corrected chi connectivity index (χ4v) is 4.40. The summed E-state index contributed by atoms with van der Waals surface area (Å²) in [5, 5.41) is 8.72. The quantitative estimate of drug-likeness (QED) is 0.725. The normalized spacial score (nSPS) is 16.0. The first-order valence-electron chi connectivity index (χ1n) is 8.77. The fourth-order valence-electron chi connectivity index (χ4n) is 3.01. The number of aryl methyl sites for hydroxylation is 1. The molecule has 0 bridgehead atoms. The summed E-state index contributed by atoms with van der Waals surface area (Å²) in [5.74, 6) is 1.63. The molecule has 2 aromatic heterocycles. The maximum atomic E-state index is 12.6. The van der Waals surface area contributed by atoms with Crippen LogP contribution in [0.1, 0.15) is 13.8 Å². The second-order valence-electron chi connectivity index (χ2n) is 6.19. The lowest BCUT2D eigenvalue weighted by Gasteiger charge is -2.34. The van der Waals surface area contributed by atoms with Crippen LogP contribution in [0.3, 0.4) is 0 Å². The van der Waals surface area contributed by atoms with Crippen LogP contribution in [-0.2, 0) is 17.1 Å². The van der Waals surface area contributed by atoms with Crippen molar-refractivity contribution in [1.82, 2.24) is 24.1 Å². The summed E-state index contributed by atoms with van der Waals surface area (Å²) in [4.78, 5) is 8.17. The lowest BCUT2D eigenvalue weighted by atomic mass is 10.3. The smallest absolute Gasteiger partial charge is 0.262 e. The van der Waals surface area contributed by atoms with Crippen molar-refractivity contribution < 1.29 is 8.42 Å². The van der Waals surface area contributed by atoms with Gasteiger partial charge in [0.2, 0.25) is 0 Å². The number of nitrogens with zero attached hydrogens (tertiary/aromatic N) is 7. The Labute approximate surface area is 154 Å². The van der Waals surface area contributed by atoms with Crippen LogP contribution in [0.25, 0.3) is 0 Å². The molecule has 0 unspecified atom stereocenters. The highest BCUT2D eigenvalue weighted by molar-refractivity contribution is 7.89. The van der Waals surface area contributed by atoms with Crippen molar-refractivity contribution in [3.63, 3.8) is 0 Å². The number of rotatable bonds is 6. The second-order valence-corrected chi connectivity index (χ2v) is 8.08. The molecule has 1 saturated heterocycles. The largest absolute Gasteiger partial charge is 0.356 e. The Kier molecular flexibility index (Phi) is 5.42. The van der Waals surface area contributed by atoms with E-state index >= 15 is 0 Å². The van der Waals surface area contributed by atoms with E-state index in [1.807, 2.05) is 12.1 Å². The molecule has 0 radical (unpaired) electrons. The summed E-state index contributed by atoms with van der Waals surface area (Å²) in [6.45, 7) is 7.89. The van der Waals surface area contributed by atoms with Gasteiger partial charge in [-0.3, -0.25) is 0 Å². The molecule has 142 valence electrons. The Morgan fingerprint density at radius 2 is 1.77 bits per heavy atom. The summed E-state index contributed by atoms with van der Waals surface area (Å²) in [6, 6.07) is 3.91. The van der Waals surface area contributed by atoms with Crippen molar-refractivity contribution in [1.29, 1.82) is 0 Å². The third kappa shape index (κ3) is 3.65. The van der Waals surface area contributed by atoms with Gasteiger partial charge < -0.3 is 14.4 Å². The molecule has 0 saturated carbocycles. The first kappa shape index (κ1) is 18.6. The molecule has 0 spiro atoms. The molecule has 3 rings (SSSR count). The highest BCUT2D eigenvalue weighted by atomic mass is 32.2. The third-order valence-corrected chi connectivity index (χ3v) is 6.36. The monoisotopic (exact) mass is 379 g/mol. The van der Waals surface area contributed by atoms with Gasteiger partial charge in [0, 0.05) is 52.5 Å². The highest BCUT2D eigenvalue weighted by Gasteiger charge is 2.30. The molecule has 1 aliphatic rings. The van der Waals surface area contributed by atoms with E-state index < -0.39 is 10.0 Å². The minimum Gasteiger partial charge on any atom is -0.356 e. The van der Waals surface area contributed by atoms with E-state index in [0.717, 1.165) is 24.7 Å². The van der Waals surface area contributed by atoms with Gasteiger partial charge in [-0.15, -0.1) is 10.2 Å². The van der Waals surface area contributed by atoms with Crippen molar-refractivity contribution in [2.75, 3.05) is 49.1 Å². The number of hydrogen-bond acceptors (Lipinski definition) is 7. The summed E-state index contributed by atoms with van der Waals surface area (Å²) in [7, 11) is -1.79. The first-order chi connectivity index (χ1) is 12.5. The number of piperazine rings is 1. The average molecular weight is 379 g/mol. The number of imidazole rings is 1. The van der Waals surface area contributed by atoms with Gasteiger partial charge in [-0.2, -0.15) is 4.31 Å². The molecule has 0 amide bonds. The second kappa shape index (κ2) is 7.58. The van der Waals surface area contributed by atoms with Gasteiger partial charge in [0.25, 0.3) is 10.0 Å². The zero-order chi connectivity index (χ0) is 18.7. The lowest BCUT2D eigenvalue weighted by Crippen LogP contribution is -2.49. The van der Waals surface area contributed by atoms with Crippen molar-refractivity contribution in [2.24, 2.45) is 7.05 Å². The van der Waals surface area contributed by atoms with E-state index in [-0.39, 0.29) is 5.03 Å². The molecule has 1 fully saturated rings. The van der Waals surface area contributed by atoms with Crippen LogP contribution in [0.2, 0.25) is 0 Å². The Bertz CT molecular complexity index is 823. The highest BCUT2D eigenvalue weighted by Crippen LogP contribution is 2.20. The predicted octanol–water partition coefficient (Wildman–Crippen LogP) is 0.567. The predicted molar refractivity (Wildman–Crippen MR) is 99.8 cm³/mol. The third-order valence-electron chi connectivity index (χ3n) is 4.57. The molecule has 26 heavy (non-hydrogen) atoms. The molecule has 2 aromatic rings. The fraction of sp³-hybridized carbons (Fsp3) is 0.562. The van der Waals surface area contributed by atoms with E-state index in [4.69, 9.17) is 0 Å². The Morgan fingerprint density at radius 3 is 2.27 bits per heavy atom. The van der Waals surface area contributed by atoms with Crippen LogP contribution in [-0.4, -0.2) is 71.7 Å². The van der Waals surface area contributed by atoms with Crippen LogP contribution in [0.4, 0.5) is 11.6 Å². The standard InChI is InChI=1S/C16H25N7O2S/c1-4-21(5-2)14-6-7-15(19-18-14)22-8-10-23(11-9-22)26(24,25)16-12-20(3)13-17-16/h6-7,12-13H,4-5,8-11H2,1-3H3. The van der Waals surface area contributed by atoms with Gasteiger partial charge in [0.05, 0.1) is 6.33 Å². The Hall–Kier alpha value is -2.20. The molecular formula is C16H25N7O2S. The van der Waals surface area contributed by atoms with Crippen molar-refractivity contribution in [2.45, 2.75) is 18.9 Å². The number of hydrogen-bond donors (Lipinski definition) is 0. The van der Waals surface area contributed by atoms with Gasteiger partial charge in [0.1, 0.15) is 0 Å². The minimum atomic E-state index is -3.54. The SMILES string of the molecule is CCN(CC)c1ccc(N2CCN(S(=O)(=O)c3cn(C)cn3)CC2)nn1. The van der Waals surface area contributed by atoms with Crippen molar-refractivity contribution >= 4 is 21.7 Å². The summed E-state index contributed by atoms with van der Waals surface area (Å²) >= 11 is 0. The zero-order valence-electron chi connectivity index (χ0n) is 15.4. The maximum Gasteiger partial charge on any atom is 0.262 e. The molecule has 9 nitrogen and oxygen atoms in total. The summed E-state index contributed by atoms with van der Waals surface area (Å²) in [6.07, 6.45) is 3.02. The molecular weight excluding hydrogens is 354 g/mol. The van der Waals surface area contributed by atoms with Crippen LogP contribution >= 0.6 is 0 Å². The van der Waals surface area contributed by atoms with Crippen LogP contribution < -0.4 is 9.80 Å². The molecule has 10 heteroatoms. The van der Waals surface area contributed by atoms with Crippen LogP contribution in [0, 0.1) is 0 Å². The van der Waals surface area contributed by atoms with E-state index in [1.165, 1.54) is 16.8 Å². The molecule has 0 atom stereocenters. The van der Waals surface area contributed by atoms with E-state index in [0.29, 0.717) is 26.2 Å². The van der Waals surface area contributed by atoms with Gasteiger partial charge in [0.15, 0.2) is 16.7 Å². The van der Waals surface area contributed by atoms with Crippen LogP contribution in [0.15, 0.2) is 29.7 Å². The molecule has 1 aliphatic heterocycles. The topological polar surface area (TPSA) is 87.5 Å². The summed E-state index contributed by atoms with van der Waals surface area (Å²) in [5.41, 5.74) is 0. The van der Waals surface area contributed by atoms with E-state index in [2.05, 4.69) is 38.8 Å². The zero-order valence-corrected chi connectivity index (χ0v) is 16.2.